The van der Waals surface area contributed by atoms with E-state index in [0.29, 0.717) is 19.4 Å². The molecule has 2 aliphatic rings. The summed E-state index contributed by atoms with van der Waals surface area (Å²) in [5.41, 5.74) is -3.87. The van der Waals surface area contributed by atoms with Crippen LogP contribution in [0.5, 0.6) is 5.75 Å². The van der Waals surface area contributed by atoms with Gasteiger partial charge in [-0.05, 0) is 73.9 Å². The Morgan fingerprint density at radius 1 is 0.969 bits per heavy atom. The summed E-state index contributed by atoms with van der Waals surface area (Å²) in [5.74, 6) is -12.5. The van der Waals surface area contributed by atoms with Gasteiger partial charge in [0.2, 0.25) is 0 Å². The van der Waals surface area contributed by atoms with Gasteiger partial charge in [0.15, 0.2) is 11.6 Å². The van der Waals surface area contributed by atoms with Gasteiger partial charge in [-0.25, -0.2) is 8.78 Å². The van der Waals surface area contributed by atoms with E-state index in [9.17, 15) is 13.2 Å². The minimum absolute atomic E-state index is 0.0341. The number of fused-ring (bicyclic) bond motifs is 3. The normalized spacial score (nSPS) is 20.6. The lowest BCUT2D eigenvalue weighted by atomic mass is 9.78. The minimum atomic E-state index is -4.95. The van der Waals surface area contributed by atoms with E-state index >= 15 is 13.2 Å². The summed E-state index contributed by atoms with van der Waals surface area (Å²) in [7, 11) is 0. The standard InChI is InChI=1S/C24H22F6O2/c1-3-31-18-11-10-17-16-9-8-15(7-6-14-5-4-13(2)32-12-14)21(25)19(16)23(27,28)24(29,30)20(17)22(18)26/h4,8-11,14H,3,5-7,12H2,1-2H3. The lowest BCUT2D eigenvalue weighted by molar-refractivity contribution is -0.228. The fourth-order valence-corrected chi connectivity index (χ4v) is 4.28. The van der Waals surface area contributed by atoms with E-state index < -0.39 is 51.5 Å². The summed E-state index contributed by atoms with van der Waals surface area (Å²) >= 11 is 0. The highest BCUT2D eigenvalue weighted by atomic mass is 19.3. The topological polar surface area (TPSA) is 18.5 Å². The Balaban J connectivity index is 1.77. The molecule has 0 aromatic heterocycles. The number of alkyl halides is 4. The number of ether oxygens (including phenoxy) is 2. The van der Waals surface area contributed by atoms with Crippen molar-refractivity contribution in [3.63, 3.8) is 0 Å². The third kappa shape index (κ3) is 3.44. The van der Waals surface area contributed by atoms with Crippen LogP contribution in [-0.2, 0) is 23.0 Å². The van der Waals surface area contributed by atoms with Crippen LogP contribution in [-0.4, -0.2) is 13.2 Å². The summed E-state index contributed by atoms with van der Waals surface area (Å²) < 4.78 is 100. The molecule has 0 amide bonds. The Morgan fingerprint density at radius 2 is 1.59 bits per heavy atom. The molecule has 2 aromatic rings. The van der Waals surface area contributed by atoms with Crippen LogP contribution in [0.1, 0.15) is 43.4 Å². The van der Waals surface area contributed by atoms with Crippen LogP contribution in [0.25, 0.3) is 11.1 Å². The number of hydrogen-bond acceptors (Lipinski definition) is 2. The molecule has 0 radical (unpaired) electrons. The van der Waals surface area contributed by atoms with Crippen molar-refractivity contribution in [1.82, 2.24) is 0 Å². The van der Waals surface area contributed by atoms with Gasteiger partial charge in [0, 0.05) is 0 Å². The summed E-state index contributed by atoms with van der Waals surface area (Å²) in [6, 6.07) is 4.62. The summed E-state index contributed by atoms with van der Waals surface area (Å²) in [6.45, 7) is 3.72. The Kier molecular flexibility index (Phi) is 5.67. The van der Waals surface area contributed by atoms with Crippen molar-refractivity contribution >= 4 is 0 Å². The lowest BCUT2D eigenvalue weighted by Crippen LogP contribution is -2.41. The zero-order chi connectivity index (χ0) is 23.3. The van der Waals surface area contributed by atoms with E-state index in [1.807, 2.05) is 13.0 Å². The minimum Gasteiger partial charge on any atom is -0.498 e. The molecule has 0 N–H and O–H groups in total. The van der Waals surface area contributed by atoms with E-state index in [1.165, 1.54) is 13.0 Å². The second kappa shape index (κ2) is 8.05. The van der Waals surface area contributed by atoms with Crippen LogP contribution in [0.2, 0.25) is 0 Å². The lowest BCUT2D eigenvalue weighted by Gasteiger charge is -2.36. The zero-order valence-electron chi connectivity index (χ0n) is 17.6. The third-order valence-electron chi connectivity index (χ3n) is 6.05. The average molecular weight is 456 g/mol. The van der Waals surface area contributed by atoms with Crippen LogP contribution in [0.4, 0.5) is 26.3 Å². The average Bonchev–Trinajstić information content (AvgIpc) is 2.74. The zero-order valence-corrected chi connectivity index (χ0v) is 17.6. The molecule has 0 saturated carbocycles. The molecule has 0 saturated heterocycles. The highest BCUT2D eigenvalue weighted by molar-refractivity contribution is 5.77. The first-order valence-electron chi connectivity index (χ1n) is 10.4. The van der Waals surface area contributed by atoms with Crippen molar-refractivity contribution in [1.29, 1.82) is 0 Å². The number of halogens is 6. The predicted octanol–water partition coefficient (Wildman–Crippen LogP) is 7.10. The van der Waals surface area contributed by atoms with Crippen LogP contribution >= 0.6 is 0 Å². The van der Waals surface area contributed by atoms with Gasteiger partial charge in [0.05, 0.1) is 30.1 Å². The van der Waals surface area contributed by atoms with Crippen molar-refractivity contribution in [3.05, 3.63) is 64.4 Å². The summed E-state index contributed by atoms with van der Waals surface area (Å²) in [6.07, 6.45) is 3.14. The first-order chi connectivity index (χ1) is 15.1. The van der Waals surface area contributed by atoms with Gasteiger partial charge in [-0.3, -0.25) is 0 Å². The quantitative estimate of drug-likeness (QED) is 0.447. The predicted molar refractivity (Wildman–Crippen MR) is 107 cm³/mol. The Hall–Kier alpha value is -2.64. The van der Waals surface area contributed by atoms with Gasteiger partial charge in [0.1, 0.15) is 5.82 Å². The second-order valence-corrected chi connectivity index (χ2v) is 8.11. The molecule has 32 heavy (non-hydrogen) atoms. The van der Waals surface area contributed by atoms with Crippen molar-refractivity contribution in [2.24, 2.45) is 5.92 Å². The van der Waals surface area contributed by atoms with E-state index in [4.69, 9.17) is 9.47 Å². The number of benzene rings is 2. The number of aryl methyl sites for hydroxylation is 1. The second-order valence-electron chi connectivity index (χ2n) is 8.11. The monoisotopic (exact) mass is 456 g/mol. The maximum Gasteiger partial charge on any atom is 0.343 e. The molecular weight excluding hydrogens is 434 g/mol. The fraction of sp³-hybridized carbons (Fsp3) is 0.417. The van der Waals surface area contributed by atoms with Gasteiger partial charge in [0.25, 0.3) is 0 Å². The Bertz CT molecular complexity index is 1080. The first kappa shape index (κ1) is 22.6. The number of hydrogen-bond donors (Lipinski definition) is 0. The molecule has 2 aromatic carbocycles. The van der Waals surface area contributed by atoms with Crippen molar-refractivity contribution in [3.8, 4) is 16.9 Å². The van der Waals surface area contributed by atoms with Crippen LogP contribution in [0.15, 0.2) is 36.1 Å². The molecule has 1 aliphatic heterocycles. The highest BCUT2D eigenvalue weighted by Crippen LogP contribution is 2.60. The van der Waals surface area contributed by atoms with Crippen LogP contribution in [0, 0.1) is 17.6 Å². The maximum absolute atomic E-state index is 15.2. The van der Waals surface area contributed by atoms with Crippen LogP contribution in [0.3, 0.4) is 0 Å². The molecule has 4 rings (SSSR count). The molecule has 0 spiro atoms. The van der Waals surface area contributed by atoms with Gasteiger partial charge in [-0.15, -0.1) is 0 Å². The third-order valence-corrected chi connectivity index (χ3v) is 6.05. The van der Waals surface area contributed by atoms with Crippen LogP contribution < -0.4 is 4.74 Å². The Labute approximate surface area is 181 Å². The van der Waals surface area contributed by atoms with Gasteiger partial charge >= 0.3 is 11.8 Å². The molecule has 1 unspecified atom stereocenters. The molecule has 0 bridgehead atoms. The SMILES string of the molecule is CCOc1ccc2c(c1F)C(F)(F)C(F)(F)c1c-2ccc(CCC2CC=C(C)OC2)c1F. The first-order valence-corrected chi connectivity index (χ1v) is 10.4. The molecule has 2 nitrogen and oxygen atoms in total. The number of allylic oxidation sites excluding steroid dienone is 2. The van der Waals surface area contributed by atoms with Crippen molar-refractivity contribution < 1.29 is 35.8 Å². The van der Waals surface area contributed by atoms with Crippen molar-refractivity contribution in [2.75, 3.05) is 13.2 Å². The molecule has 0 fully saturated rings. The highest BCUT2D eigenvalue weighted by Gasteiger charge is 2.65. The molecule has 1 atom stereocenters. The molecular formula is C24H22F6O2. The smallest absolute Gasteiger partial charge is 0.343 e. The van der Waals surface area contributed by atoms with E-state index in [0.717, 1.165) is 24.0 Å². The van der Waals surface area contributed by atoms with Gasteiger partial charge < -0.3 is 9.47 Å². The van der Waals surface area contributed by atoms with Gasteiger partial charge in [-0.2, -0.15) is 17.6 Å². The Morgan fingerprint density at radius 3 is 2.19 bits per heavy atom. The maximum atomic E-state index is 15.2. The summed E-state index contributed by atoms with van der Waals surface area (Å²) in [5, 5.41) is 0. The van der Waals surface area contributed by atoms with E-state index in [-0.39, 0.29) is 24.5 Å². The van der Waals surface area contributed by atoms with Crippen molar-refractivity contribution in [2.45, 2.75) is 45.0 Å². The molecule has 8 heteroatoms. The summed E-state index contributed by atoms with van der Waals surface area (Å²) in [4.78, 5) is 0. The van der Waals surface area contributed by atoms with E-state index in [2.05, 4.69) is 0 Å². The molecule has 1 aliphatic carbocycles. The fourth-order valence-electron chi connectivity index (χ4n) is 4.28. The van der Waals surface area contributed by atoms with Gasteiger partial charge in [-0.1, -0.05) is 12.1 Å². The molecule has 1 heterocycles. The molecule has 172 valence electrons. The van der Waals surface area contributed by atoms with E-state index in [1.54, 1.807) is 0 Å². The largest absolute Gasteiger partial charge is 0.498 e. The number of rotatable bonds is 5.